The Hall–Kier alpha value is -0.830. The standard InChI is InChI=1S/C9H16O7/c1-2-3-6(12)9(15,16)8(14)7(13)5(11)4-10/h2,5,7-8,10-11,13-16H,1,3-4H2. The maximum absolute atomic E-state index is 11.1. The topological polar surface area (TPSA) is 138 Å². The van der Waals surface area contributed by atoms with Crippen molar-refractivity contribution >= 4 is 5.78 Å². The molecule has 0 heterocycles. The van der Waals surface area contributed by atoms with Crippen LogP contribution in [0.2, 0.25) is 0 Å². The van der Waals surface area contributed by atoms with Gasteiger partial charge in [0.1, 0.15) is 18.3 Å². The molecule has 0 saturated carbocycles. The Balaban J connectivity index is 4.73. The van der Waals surface area contributed by atoms with Gasteiger partial charge in [-0.25, -0.2) is 0 Å². The predicted octanol–water partition coefficient (Wildman–Crippen LogP) is -3.11. The van der Waals surface area contributed by atoms with Crippen LogP contribution in [0, 0.1) is 0 Å². The molecule has 0 aliphatic rings. The van der Waals surface area contributed by atoms with Gasteiger partial charge in [0, 0.05) is 6.42 Å². The van der Waals surface area contributed by atoms with Gasteiger partial charge >= 0.3 is 0 Å². The summed E-state index contributed by atoms with van der Waals surface area (Å²) in [7, 11) is 0. The lowest BCUT2D eigenvalue weighted by Crippen LogP contribution is -2.57. The van der Waals surface area contributed by atoms with E-state index < -0.39 is 42.9 Å². The maximum Gasteiger partial charge on any atom is 0.253 e. The third kappa shape index (κ3) is 3.34. The van der Waals surface area contributed by atoms with Crippen molar-refractivity contribution < 1.29 is 35.4 Å². The van der Waals surface area contributed by atoms with Crippen molar-refractivity contribution in [3.05, 3.63) is 12.7 Å². The second-order valence-electron chi connectivity index (χ2n) is 3.33. The highest BCUT2D eigenvalue weighted by Crippen LogP contribution is 2.16. The zero-order chi connectivity index (χ0) is 12.9. The van der Waals surface area contributed by atoms with E-state index in [4.69, 9.17) is 10.2 Å². The summed E-state index contributed by atoms with van der Waals surface area (Å²) in [6, 6.07) is 0. The summed E-state index contributed by atoms with van der Waals surface area (Å²) in [5.41, 5.74) is 0. The van der Waals surface area contributed by atoms with Crippen molar-refractivity contribution in [2.45, 2.75) is 30.5 Å². The summed E-state index contributed by atoms with van der Waals surface area (Å²) < 4.78 is 0. The van der Waals surface area contributed by atoms with Gasteiger partial charge in [0.15, 0.2) is 5.78 Å². The monoisotopic (exact) mass is 236 g/mol. The van der Waals surface area contributed by atoms with E-state index in [1.165, 1.54) is 0 Å². The molecule has 0 bridgehead atoms. The number of hydrogen-bond donors (Lipinski definition) is 6. The molecular formula is C9H16O7. The number of Topliss-reactive ketones (excluding diaryl/α,β-unsaturated/α-hetero) is 1. The molecule has 7 nitrogen and oxygen atoms in total. The molecule has 0 fully saturated rings. The number of aliphatic hydroxyl groups excluding tert-OH is 4. The Bertz CT molecular complexity index is 250. The third-order valence-corrected chi connectivity index (χ3v) is 2.06. The minimum atomic E-state index is -3.20. The molecule has 0 aliphatic carbocycles. The SMILES string of the molecule is C=CCC(=O)C(O)(O)C(O)C(O)C(O)CO. The summed E-state index contributed by atoms with van der Waals surface area (Å²) in [4.78, 5) is 11.1. The van der Waals surface area contributed by atoms with Gasteiger partial charge in [-0.05, 0) is 0 Å². The highest BCUT2D eigenvalue weighted by molar-refractivity contribution is 5.87. The Morgan fingerprint density at radius 3 is 2.19 bits per heavy atom. The Morgan fingerprint density at radius 2 is 1.81 bits per heavy atom. The predicted molar refractivity (Wildman–Crippen MR) is 52.1 cm³/mol. The number of aliphatic hydroxyl groups is 6. The van der Waals surface area contributed by atoms with Crippen molar-refractivity contribution in [1.82, 2.24) is 0 Å². The van der Waals surface area contributed by atoms with Crippen LogP contribution in [0.5, 0.6) is 0 Å². The minimum Gasteiger partial charge on any atom is -0.394 e. The van der Waals surface area contributed by atoms with Gasteiger partial charge < -0.3 is 30.6 Å². The van der Waals surface area contributed by atoms with Gasteiger partial charge in [-0.1, -0.05) is 6.08 Å². The number of allylic oxidation sites excluding steroid dienone is 1. The second kappa shape index (κ2) is 6.04. The largest absolute Gasteiger partial charge is 0.394 e. The molecular weight excluding hydrogens is 220 g/mol. The lowest BCUT2D eigenvalue weighted by molar-refractivity contribution is -0.245. The zero-order valence-corrected chi connectivity index (χ0v) is 8.52. The van der Waals surface area contributed by atoms with Crippen LogP contribution in [0.3, 0.4) is 0 Å². The van der Waals surface area contributed by atoms with Crippen molar-refractivity contribution in [2.24, 2.45) is 0 Å². The van der Waals surface area contributed by atoms with Crippen LogP contribution in [0.4, 0.5) is 0 Å². The number of carbonyl (C=O) groups excluding carboxylic acids is 1. The lowest BCUT2D eigenvalue weighted by Gasteiger charge is -2.30. The van der Waals surface area contributed by atoms with E-state index in [9.17, 15) is 25.2 Å². The lowest BCUT2D eigenvalue weighted by atomic mass is 9.95. The number of carbonyl (C=O) groups is 1. The van der Waals surface area contributed by atoms with Gasteiger partial charge in [0.25, 0.3) is 5.79 Å². The second-order valence-corrected chi connectivity index (χ2v) is 3.33. The fourth-order valence-electron chi connectivity index (χ4n) is 1.00. The average Bonchev–Trinajstić information content (AvgIpc) is 2.26. The van der Waals surface area contributed by atoms with Crippen LogP contribution in [0.25, 0.3) is 0 Å². The first-order valence-electron chi connectivity index (χ1n) is 4.53. The molecule has 0 aromatic rings. The molecule has 94 valence electrons. The van der Waals surface area contributed by atoms with E-state index in [1.54, 1.807) is 0 Å². The van der Waals surface area contributed by atoms with E-state index in [0.717, 1.165) is 6.08 Å². The van der Waals surface area contributed by atoms with Crippen molar-refractivity contribution in [1.29, 1.82) is 0 Å². The first kappa shape index (κ1) is 15.2. The van der Waals surface area contributed by atoms with Gasteiger partial charge in [-0.15, -0.1) is 6.58 Å². The van der Waals surface area contributed by atoms with E-state index in [2.05, 4.69) is 6.58 Å². The third-order valence-electron chi connectivity index (χ3n) is 2.06. The average molecular weight is 236 g/mol. The van der Waals surface area contributed by atoms with Crippen LogP contribution in [-0.4, -0.2) is 67.1 Å². The Labute approximate surface area is 91.9 Å². The van der Waals surface area contributed by atoms with Gasteiger partial charge in [-0.2, -0.15) is 0 Å². The van der Waals surface area contributed by atoms with Crippen molar-refractivity contribution in [2.75, 3.05) is 6.61 Å². The van der Waals surface area contributed by atoms with E-state index >= 15 is 0 Å². The number of ketones is 1. The fraction of sp³-hybridized carbons (Fsp3) is 0.667. The first-order chi connectivity index (χ1) is 7.28. The molecule has 3 unspecified atom stereocenters. The fourth-order valence-corrected chi connectivity index (χ4v) is 1.00. The first-order valence-corrected chi connectivity index (χ1v) is 4.53. The van der Waals surface area contributed by atoms with Crippen molar-refractivity contribution in [3.8, 4) is 0 Å². The van der Waals surface area contributed by atoms with Gasteiger partial charge in [0.2, 0.25) is 0 Å². The summed E-state index contributed by atoms with van der Waals surface area (Å²) in [5.74, 6) is -4.39. The molecule has 3 atom stereocenters. The van der Waals surface area contributed by atoms with Gasteiger partial charge in [-0.3, -0.25) is 4.79 Å². The Kier molecular flexibility index (Phi) is 5.73. The van der Waals surface area contributed by atoms with Crippen LogP contribution >= 0.6 is 0 Å². The van der Waals surface area contributed by atoms with Crippen LogP contribution in [-0.2, 0) is 4.79 Å². The molecule has 0 rings (SSSR count). The molecule has 16 heavy (non-hydrogen) atoms. The molecule has 0 radical (unpaired) electrons. The zero-order valence-electron chi connectivity index (χ0n) is 8.52. The minimum absolute atomic E-state index is 0.425. The van der Waals surface area contributed by atoms with Crippen molar-refractivity contribution in [3.63, 3.8) is 0 Å². The van der Waals surface area contributed by atoms with E-state index in [-0.39, 0.29) is 0 Å². The summed E-state index contributed by atoms with van der Waals surface area (Å²) in [5, 5.41) is 54.4. The highest BCUT2D eigenvalue weighted by atomic mass is 16.5. The maximum atomic E-state index is 11.1. The van der Waals surface area contributed by atoms with Crippen LogP contribution in [0.1, 0.15) is 6.42 Å². The smallest absolute Gasteiger partial charge is 0.253 e. The normalized spacial score (nSPS) is 17.6. The van der Waals surface area contributed by atoms with Gasteiger partial charge in [0.05, 0.1) is 6.61 Å². The molecule has 7 heteroatoms. The number of hydrogen-bond acceptors (Lipinski definition) is 7. The molecule has 0 saturated heterocycles. The molecule has 6 N–H and O–H groups in total. The molecule has 0 spiro atoms. The quantitative estimate of drug-likeness (QED) is 0.203. The summed E-state index contributed by atoms with van der Waals surface area (Å²) in [6.45, 7) is 2.29. The number of rotatable bonds is 7. The summed E-state index contributed by atoms with van der Waals surface area (Å²) >= 11 is 0. The Morgan fingerprint density at radius 1 is 1.31 bits per heavy atom. The van der Waals surface area contributed by atoms with E-state index in [0.29, 0.717) is 0 Å². The molecule has 0 aromatic carbocycles. The molecule has 0 aliphatic heterocycles. The molecule has 0 amide bonds. The van der Waals surface area contributed by atoms with Crippen LogP contribution in [0.15, 0.2) is 12.7 Å². The highest BCUT2D eigenvalue weighted by Gasteiger charge is 2.45. The summed E-state index contributed by atoms with van der Waals surface area (Å²) in [6.07, 6.45) is -5.52. The van der Waals surface area contributed by atoms with Crippen LogP contribution < -0.4 is 0 Å². The molecule has 0 aromatic heterocycles. The van der Waals surface area contributed by atoms with E-state index in [1.807, 2.05) is 0 Å².